The van der Waals surface area contributed by atoms with E-state index in [0.29, 0.717) is 45.5 Å². The van der Waals surface area contributed by atoms with Crippen LogP contribution in [0, 0.1) is 12.8 Å². The van der Waals surface area contributed by atoms with Gasteiger partial charge in [-0.25, -0.2) is 14.7 Å². The van der Waals surface area contributed by atoms with Gasteiger partial charge < -0.3 is 0 Å². The maximum absolute atomic E-state index is 15.4. The van der Waals surface area contributed by atoms with E-state index >= 15 is 4.39 Å². The molecule has 3 aromatic heterocycles. The van der Waals surface area contributed by atoms with Crippen molar-refractivity contribution >= 4 is 45.4 Å². The fourth-order valence-electron chi connectivity index (χ4n) is 6.42. The van der Waals surface area contributed by atoms with Crippen molar-refractivity contribution in [2.45, 2.75) is 31.7 Å². The first-order valence-corrected chi connectivity index (χ1v) is 13.9. The Kier molecular flexibility index (Phi) is 5.21. The molecule has 5 aromatic rings. The van der Waals surface area contributed by atoms with E-state index in [9.17, 15) is 4.79 Å². The quantitative estimate of drug-likeness (QED) is 0.247. The Labute approximate surface area is 242 Å². The number of fused-ring (bicyclic) bond motifs is 4. The van der Waals surface area contributed by atoms with Crippen molar-refractivity contribution in [3.05, 3.63) is 92.2 Å². The number of nitrogens with zero attached hydrogens (tertiary/aromatic N) is 8. The SMILES string of the molecule is Cc1nn(C)c2cc(C3=C(F)N=C(C4C5CC5c5nc(-c6cc(Cl)ccc6-n6cc(Cl)nn6)cc(=O)n54)C3)ccc12. The lowest BCUT2D eigenvalue weighted by molar-refractivity contribution is 0.572. The van der Waals surface area contributed by atoms with Gasteiger partial charge in [-0.05, 0) is 49.1 Å². The molecule has 41 heavy (non-hydrogen) atoms. The van der Waals surface area contributed by atoms with Gasteiger partial charge in [0.05, 0.1) is 34.8 Å². The number of aliphatic imine (C=N–C) groups is 1. The first-order chi connectivity index (χ1) is 19.8. The van der Waals surface area contributed by atoms with Crippen molar-refractivity contribution in [1.29, 1.82) is 0 Å². The fraction of sp³-hybridized carbons (Fsp3) is 0.241. The first kappa shape index (κ1) is 24.6. The minimum atomic E-state index is -0.503. The molecule has 0 amide bonds. The summed E-state index contributed by atoms with van der Waals surface area (Å²) in [6.45, 7) is 1.96. The number of aromatic nitrogens is 7. The largest absolute Gasteiger partial charge is 0.287 e. The van der Waals surface area contributed by atoms with Crippen molar-refractivity contribution in [3.8, 4) is 16.9 Å². The molecule has 0 spiro atoms. The molecule has 204 valence electrons. The van der Waals surface area contributed by atoms with Crippen LogP contribution in [-0.2, 0) is 7.05 Å². The number of hydrogen-bond acceptors (Lipinski definition) is 6. The van der Waals surface area contributed by atoms with Gasteiger partial charge in [0.1, 0.15) is 5.82 Å². The van der Waals surface area contributed by atoms with Gasteiger partial charge in [0.25, 0.3) is 5.56 Å². The summed E-state index contributed by atoms with van der Waals surface area (Å²) < 4.78 is 20.4. The van der Waals surface area contributed by atoms with Crippen molar-refractivity contribution in [2.24, 2.45) is 18.0 Å². The predicted octanol–water partition coefficient (Wildman–Crippen LogP) is 5.83. The van der Waals surface area contributed by atoms with Gasteiger partial charge in [-0.1, -0.05) is 40.5 Å². The zero-order valence-electron chi connectivity index (χ0n) is 21.9. The van der Waals surface area contributed by atoms with E-state index in [1.807, 2.05) is 32.2 Å². The molecule has 9 nitrogen and oxygen atoms in total. The van der Waals surface area contributed by atoms with Crippen LogP contribution in [0.2, 0.25) is 10.2 Å². The van der Waals surface area contributed by atoms with Gasteiger partial charge in [0.2, 0.25) is 5.95 Å². The standard InChI is InChI=1S/C29H21Cl2FN8O/c1-13-16-5-3-14(7-24(16)38(2)36-13)17-10-22(33-28(17)32)27-18-9-19(18)29-34-21(11-26(41)40(27)29)20-8-15(30)4-6-23(20)39-12-25(31)35-37-39/h3-8,11-12,18-19,27H,9-10H2,1-2H3. The normalized spacial score (nSPS) is 21.0. The van der Waals surface area contributed by atoms with Gasteiger partial charge in [0.15, 0.2) is 5.15 Å². The van der Waals surface area contributed by atoms with Crippen molar-refractivity contribution in [1.82, 2.24) is 34.3 Å². The molecule has 1 fully saturated rings. The second-order valence-electron chi connectivity index (χ2n) is 10.8. The lowest BCUT2D eigenvalue weighted by Crippen LogP contribution is -2.30. The molecule has 0 saturated heterocycles. The lowest BCUT2D eigenvalue weighted by Gasteiger charge is -2.19. The summed E-state index contributed by atoms with van der Waals surface area (Å²) in [4.78, 5) is 23.0. The molecular formula is C29H21Cl2FN8O. The van der Waals surface area contributed by atoms with Crippen molar-refractivity contribution < 1.29 is 4.39 Å². The second-order valence-corrected chi connectivity index (χ2v) is 11.6. The van der Waals surface area contributed by atoms with Gasteiger partial charge in [0, 0.05) is 52.7 Å². The van der Waals surface area contributed by atoms with Gasteiger partial charge in [-0.15, -0.1) is 5.10 Å². The van der Waals surface area contributed by atoms with E-state index in [-0.39, 0.29) is 28.6 Å². The van der Waals surface area contributed by atoms with Crippen molar-refractivity contribution in [3.63, 3.8) is 0 Å². The molecule has 12 heteroatoms. The number of halogens is 3. The summed E-state index contributed by atoms with van der Waals surface area (Å²) in [5.41, 5.74) is 5.35. The average molecular weight is 587 g/mol. The summed E-state index contributed by atoms with van der Waals surface area (Å²) in [5.74, 6) is 0.455. The van der Waals surface area contributed by atoms with Crippen LogP contribution >= 0.6 is 23.2 Å². The van der Waals surface area contributed by atoms with Gasteiger partial charge >= 0.3 is 0 Å². The Morgan fingerprint density at radius 2 is 1.95 bits per heavy atom. The molecule has 1 aliphatic carbocycles. The zero-order valence-corrected chi connectivity index (χ0v) is 23.4. The van der Waals surface area contributed by atoms with E-state index in [0.717, 1.165) is 28.6 Å². The molecule has 2 aromatic carbocycles. The monoisotopic (exact) mass is 586 g/mol. The Balaban J connectivity index is 1.15. The molecule has 2 aliphatic heterocycles. The predicted molar refractivity (Wildman–Crippen MR) is 154 cm³/mol. The lowest BCUT2D eigenvalue weighted by atomic mass is 9.97. The molecule has 8 rings (SSSR count). The smallest absolute Gasteiger partial charge is 0.254 e. The molecule has 5 heterocycles. The second kappa shape index (κ2) is 8.67. The Bertz CT molecular complexity index is 2070. The zero-order chi connectivity index (χ0) is 28.2. The van der Waals surface area contributed by atoms with Crippen LogP contribution in [0.4, 0.5) is 4.39 Å². The molecule has 0 bridgehead atoms. The third-order valence-electron chi connectivity index (χ3n) is 8.36. The number of aryl methyl sites for hydroxylation is 2. The molecule has 0 radical (unpaired) electrons. The minimum absolute atomic E-state index is 0.111. The highest BCUT2D eigenvalue weighted by molar-refractivity contribution is 6.31. The number of benzene rings is 2. The molecule has 1 saturated carbocycles. The minimum Gasteiger partial charge on any atom is -0.287 e. The van der Waals surface area contributed by atoms with E-state index < -0.39 is 5.95 Å². The van der Waals surface area contributed by atoms with Crippen LogP contribution in [0.3, 0.4) is 0 Å². The van der Waals surface area contributed by atoms with Crippen LogP contribution in [0.25, 0.3) is 33.4 Å². The third kappa shape index (κ3) is 3.74. The van der Waals surface area contributed by atoms with E-state index in [1.165, 1.54) is 10.7 Å². The molecule has 3 atom stereocenters. The maximum Gasteiger partial charge on any atom is 0.254 e. The molecule has 3 aliphatic rings. The molecule has 0 N–H and O–H groups in total. The number of hydrogen-bond donors (Lipinski definition) is 0. The van der Waals surface area contributed by atoms with Crippen LogP contribution in [-0.4, -0.2) is 40.0 Å². The molecular weight excluding hydrogens is 566 g/mol. The summed E-state index contributed by atoms with van der Waals surface area (Å²) in [7, 11) is 1.88. The van der Waals surface area contributed by atoms with Crippen molar-refractivity contribution in [2.75, 3.05) is 0 Å². The highest BCUT2D eigenvalue weighted by Gasteiger charge is 2.56. The number of rotatable bonds is 4. The summed E-state index contributed by atoms with van der Waals surface area (Å²) in [6.07, 6.45) is 2.78. The maximum atomic E-state index is 15.4. The summed E-state index contributed by atoms with van der Waals surface area (Å²) >= 11 is 12.3. The molecule has 3 unspecified atom stereocenters. The van der Waals surface area contributed by atoms with Gasteiger partial charge in [-0.3, -0.25) is 14.0 Å². The van der Waals surface area contributed by atoms with Crippen LogP contribution in [0.5, 0.6) is 0 Å². The average Bonchev–Trinajstić information content (AvgIpc) is 3.17. The Hall–Kier alpha value is -4.15. The first-order valence-electron chi connectivity index (χ1n) is 13.2. The van der Waals surface area contributed by atoms with E-state index in [4.69, 9.17) is 28.2 Å². The Morgan fingerprint density at radius 3 is 2.76 bits per heavy atom. The highest BCUT2D eigenvalue weighted by atomic mass is 35.5. The van der Waals surface area contributed by atoms with Crippen LogP contribution < -0.4 is 5.56 Å². The van der Waals surface area contributed by atoms with Crippen LogP contribution in [0.15, 0.2) is 64.4 Å². The Morgan fingerprint density at radius 1 is 1.10 bits per heavy atom. The third-order valence-corrected chi connectivity index (χ3v) is 8.76. The summed E-state index contributed by atoms with van der Waals surface area (Å²) in [5, 5.41) is 14.2. The van der Waals surface area contributed by atoms with Gasteiger partial charge in [-0.2, -0.15) is 9.49 Å². The van der Waals surface area contributed by atoms with E-state index in [2.05, 4.69) is 20.4 Å². The van der Waals surface area contributed by atoms with Crippen LogP contribution in [0.1, 0.15) is 41.9 Å². The topological polar surface area (TPSA) is 95.8 Å². The fourth-order valence-corrected chi connectivity index (χ4v) is 6.71. The number of allylic oxidation sites excluding steroid dienone is 1. The highest BCUT2D eigenvalue weighted by Crippen LogP contribution is 2.60. The summed E-state index contributed by atoms with van der Waals surface area (Å²) in [6, 6.07) is 12.3. The van der Waals surface area contributed by atoms with E-state index in [1.54, 1.807) is 33.6 Å².